The van der Waals surface area contributed by atoms with Crippen LogP contribution in [0.15, 0.2) is 83.8 Å². The van der Waals surface area contributed by atoms with Crippen molar-refractivity contribution in [1.82, 2.24) is 0 Å². The SMILES string of the molecule is O=S(=O)(Nc1ccc(OCc2ccc(Cl)cc2)cc1)c1ccccc1. The van der Waals surface area contributed by atoms with Crippen molar-refractivity contribution in [3.8, 4) is 5.75 Å². The third-order valence-electron chi connectivity index (χ3n) is 3.48. The van der Waals surface area contributed by atoms with Crippen LogP contribution in [0.5, 0.6) is 5.75 Å². The Balaban J connectivity index is 1.63. The fourth-order valence-corrected chi connectivity index (χ4v) is 3.39. The average molecular weight is 374 g/mol. The van der Waals surface area contributed by atoms with Crippen molar-refractivity contribution in [1.29, 1.82) is 0 Å². The first-order chi connectivity index (χ1) is 12.0. The molecule has 0 aromatic heterocycles. The predicted molar refractivity (Wildman–Crippen MR) is 99.5 cm³/mol. The summed E-state index contributed by atoms with van der Waals surface area (Å²) in [5, 5.41) is 0.679. The van der Waals surface area contributed by atoms with E-state index in [0.717, 1.165) is 5.56 Å². The molecular formula is C19H16ClNO3S. The van der Waals surface area contributed by atoms with Crippen LogP contribution < -0.4 is 9.46 Å². The summed E-state index contributed by atoms with van der Waals surface area (Å²) in [5.74, 6) is 0.651. The molecule has 0 bridgehead atoms. The van der Waals surface area contributed by atoms with Crippen LogP contribution in [0.4, 0.5) is 5.69 Å². The van der Waals surface area contributed by atoms with Crippen LogP contribution in [0.2, 0.25) is 5.02 Å². The second-order valence-electron chi connectivity index (χ2n) is 5.36. The molecule has 4 nitrogen and oxygen atoms in total. The molecule has 128 valence electrons. The number of halogens is 1. The van der Waals surface area contributed by atoms with Gasteiger partial charge in [-0.3, -0.25) is 4.72 Å². The molecule has 1 N–H and O–H groups in total. The molecule has 25 heavy (non-hydrogen) atoms. The Morgan fingerprint density at radius 1 is 0.840 bits per heavy atom. The Kier molecular flexibility index (Phi) is 5.26. The Labute approximate surface area is 152 Å². The summed E-state index contributed by atoms with van der Waals surface area (Å²) in [6.07, 6.45) is 0. The standard InChI is InChI=1S/C19H16ClNO3S/c20-16-8-6-15(7-9-16)14-24-18-12-10-17(11-13-18)21-25(22,23)19-4-2-1-3-5-19/h1-13,21H,14H2. The molecule has 3 aromatic carbocycles. The topological polar surface area (TPSA) is 55.4 Å². The molecule has 0 aliphatic heterocycles. The van der Waals surface area contributed by atoms with E-state index < -0.39 is 10.0 Å². The zero-order chi connectivity index (χ0) is 17.7. The monoisotopic (exact) mass is 373 g/mol. The first kappa shape index (κ1) is 17.3. The van der Waals surface area contributed by atoms with Crippen LogP contribution >= 0.6 is 11.6 Å². The van der Waals surface area contributed by atoms with E-state index in [2.05, 4.69) is 4.72 Å². The minimum absolute atomic E-state index is 0.220. The molecule has 0 saturated carbocycles. The van der Waals surface area contributed by atoms with Gasteiger partial charge < -0.3 is 4.74 Å². The van der Waals surface area contributed by atoms with E-state index in [1.807, 2.05) is 24.3 Å². The van der Waals surface area contributed by atoms with E-state index in [0.29, 0.717) is 23.1 Å². The maximum Gasteiger partial charge on any atom is 0.261 e. The predicted octanol–water partition coefficient (Wildman–Crippen LogP) is 4.72. The summed E-state index contributed by atoms with van der Waals surface area (Å²) < 4.78 is 32.8. The highest BCUT2D eigenvalue weighted by molar-refractivity contribution is 7.92. The number of anilines is 1. The fraction of sp³-hybridized carbons (Fsp3) is 0.0526. The van der Waals surface area contributed by atoms with Crippen LogP contribution in [0.3, 0.4) is 0 Å². The molecule has 0 fully saturated rings. The van der Waals surface area contributed by atoms with Gasteiger partial charge in [-0.2, -0.15) is 0 Å². The quantitative estimate of drug-likeness (QED) is 0.680. The smallest absolute Gasteiger partial charge is 0.261 e. The normalized spacial score (nSPS) is 11.1. The first-order valence-corrected chi connectivity index (χ1v) is 9.44. The lowest BCUT2D eigenvalue weighted by molar-refractivity contribution is 0.306. The molecule has 3 aromatic rings. The summed E-state index contributed by atoms with van der Waals surface area (Å²) in [4.78, 5) is 0.220. The number of benzene rings is 3. The minimum atomic E-state index is -3.59. The molecule has 0 spiro atoms. The van der Waals surface area contributed by atoms with Gasteiger partial charge in [-0.1, -0.05) is 41.9 Å². The molecule has 0 aliphatic carbocycles. The maximum atomic E-state index is 12.3. The second kappa shape index (κ2) is 7.59. The Morgan fingerprint density at radius 3 is 2.12 bits per heavy atom. The first-order valence-electron chi connectivity index (χ1n) is 7.58. The van der Waals surface area contributed by atoms with Gasteiger partial charge in [-0.05, 0) is 54.1 Å². The largest absolute Gasteiger partial charge is 0.489 e. The van der Waals surface area contributed by atoms with Gasteiger partial charge in [0, 0.05) is 10.7 Å². The number of hydrogen-bond donors (Lipinski definition) is 1. The summed E-state index contributed by atoms with van der Waals surface area (Å²) in [5.41, 5.74) is 1.47. The van der Waals surface area contributed by atoms with Crippen molar-refractivity contribution >= 4 is 27.3 Å². The molecule has 0 unspecified atom stereocenters. The van der Waals surface area contributed by atoms with Crippen LogP contribution in [-0.2, 0) is 16.6 Å². The van der Waals surface area contributed by atoms with Gasteiger partial charge in [-0.25, -0.2) is 8.42 Å². The molecular weight excluding hydrogens is 358 g/mol. The van der Waals surface area contributed by atoms with Crippen molar-refractivity contribution < 1.29 is 13.2 Å². The van der Waals surface area contributed by atoms with E-state index in [1.165, 1.54) is 0 Å². The number of rotatable bonds is 6. The molecule has 3 rings (SSSR count). The summed E-state index contributed by atoms with van der Waals surface area (Å²) in [6, 6.07) is 22.4. The van der Waals surface area contributed by atoms with Gasteiger partial charge in [-0.15, -0.1) is 0 Å². The maximum absolute atomic E-state index is 12.3. The molecule has 0 radical (unpaired) electrons. The number of sulfonamides is 1. The van der Waals surface area contributed by atoms with Gasteiger partial charge in [0.25, 0.3) is 10.0 Å². The molecule has 6 heteroatoms. The second-order valence-corrected chi connectivity index (χ2v) is 7.48. The third-order valence-corrected chi connectivity index (χ3v) is 5.13. The Bertz CT molecular complexity index is 925. The molecule has 0 aliphatic rings. The summed E-state index contributed by atoms with van der Waals surface area (Å²) >= 11 is 5.85. The Hall–Kier alpha value is -2.50. The van der Waals surface area contributed by atoms with E-state index in [9.17, 15) is 8.42 Å². The van der Waals surface area contributed by atoms with E-state index in [-0.39, 0.29) is 4.90 Å². The Morgan fingerprint density at radius 2 is 1.48 bits per heavy atom. The molecule has 0 saturated heterocycles. The van der Waals surface area contributed by atoms with Crippen molar-refractivity contribution in [3.05, 3.63) is 89.4 Å². The number of ether oxygens (including phenoxy) is 1. The zero-order valence-electron chi connectivity index (χ0n) is 13.2. The van der Waals surface area contributed by atoms with Gasteiger partial charge in [0.05, 0.1) is 4.90 Å². The highest BCUT2D eigenvalue weighted by Gasteiger charge is 2.13. The average Bonchev–Trinajstić information content (AvgIpc) is 2.63. The van der Waals surface area contributed by atoms with Crippen LogP contribution in [-0.4, -0.2) is 8.42 Å². The van der Waals surface area contributed by atoms with Gasteiger partial charge in [0.15, 0.2) is 0 Å². The van der Waals surface area contributed by atoms with Crippen molar-refractivity contribution in [2.24, 2.45) is 0 Å². The lowest BCUT2D eigenvalue weighted by atomic mass is 10.2. The fourth-order valence-electron chi connectivity index (χ4n) is 2.18. The van der Waals surface area contributed by atoms with Crippen molar-refractivity contribution in [2.45, 2.75) is 11.5 Å². The summed E-state index contributed by atoms with van der Waals surface area (Å²) in [6.45, 7) is 0.409. The lowest BCUT2D eigenvalue weighted by Gasteiger charge is -2.10. The van der Waals surface area contributed by atoms with Crippen LogP contribution in [0, 0.1) is 0 Å². The van der Waals surface area contributed by atoms with Crippen LogP contribution in [0.1, 0.15) is 5.56 Å². The third kappa shape index (κ3) is 4.75. The van der Waals surface area contributed by atoms with E-state index in [4.69, 9.17) is 16.3 Å². The van der Waals surface area contributed by atoms with E-state index in [1.54, 1.807) is 54.6 Å². The van der Waals surface area contributed by atoms with Gasteiger partial charge in [0.1, 0.15) is 12.4 Å². The minimum Gasteiger partial charge on any atom is -0.489 e. The van der Waals surface area contributed by atoms with Crippen LogP contribution in [0.25, 0.3) is 0 Å². The van der Waals surface area contributed by atoms with E-state index >= 15 is 0 Å². The number of hydrogen-bond acceptors (Lipinski definition) is 3. The van der Waals surface area contributed by atoms with Crippen molar-refractivity contribution in [3.63, 3.8) is 0 Å². The molecule has 0 atom stereocenters. The van der Waals surface area contributed by atoms with Gasteiger partial charge in [0.2, 0.25) is 0 Å². The highest BCUT2D eigenvalue weighted by Crippen LogP contribution is 2.20. The van der Waals surface area contributed by atoms with Gasteiger partial charge >= 0.3 is 0 Å². The molecule has 0 amide bonds. The zero-order valence-corrected chi connectivity index (χ0v) is 14.8. The van der Waals surface area contributed by atoms with Crippen molar-refractivity contribution in [2.75, 3.05) is 4.72 Å². The lowest BCUT2D eigenvalue weighted by Crippen LogP contribution is -2.12. The highest BCUT2D eigenvalue weighted by atomic mass is 35.5. The number of nitrogens with one attached hydrogen (secondary N) is 1. The molecule has 0 heterocycles. The summed E-state index contributed by atoms with van der Waals surface area (Å²) in [7, 11) is -3.59.